The molecule has 0 spiro atoms. The molecule has 1 heterocycles. The molecular formula is C24H36IN5. The molecule has 1 saturated heterocycles. The van der Waals surface area contributed by atoms with Gasteiger partial charge in [-0.3, -0.25) is 4.99 Å². The quantitative estimate of drug-likeness (QED) is 0.334. The van der Waals surface area contributed by atoms with Crippen molar-refractivity contribution in [2.75, 3.05) is 59.9 Å². The normalized spacial score (nSPS) is 16.0. The number of hydrogen-bond acceptors (Lipinski definition) is 3. The predicted molar refractivity (Wildman–Crippen MR) is 138 cm³/mol. The monoisotopic (exact) mass is 521 g/mol. The van der Waals surface area contributed by atoms with Gasteiger partial charge in [0.2, 0.25) is 0 Å². The predicted octanol–water partition coefficient (Wildman–Crippen LogP) is 3.24. The van der Waals surface area contributed by atoms with Gasteiger partial charge in [0.05, 0.1) is 0 Å². The van der Waals surface area contributed by atoms with Crippen molar-refractivity contribution in [3.63, 3.8) is 0 Å². The van der Waals surface area contributed by atoms with Crippen molar-refractivity contribution in [3.05, 3.63) is 71.8 Å². The van der Waals surface area contributed by atoms with Crippen LogP contribution in [-0.4, -0.2) is 75.7 Å². The van der Waals surface area contributed by atoms with Gasteiger partial charge in [0.25, 0.3) is 0 Å². The maximum absolute atomic E-state index is 4.43. The number of guanidine groups is 1. The van der Waals surface area contributed by atoms with Gasteiger partial charge in [-0.15, -0.1) is 24.0 Å². The van der Waals surface area contributed by atoms with E-state index >= 15 is 0 Å². The lowest BCUT2D eigenvalue weighted by atomic mass is 9.91. The molecule has 2 aromatic carbocycles. The van der Waals surface area contributed by atoms with Gasteiger partial charge in [0.1, 0.15) is 0 Å². The molecule has 3 rings (SSSR count). The van der Waals surface area contributed by atoms with Crippen LogP contribution in [-0.2, 0) is 0 Å². The first-order valence-electron chi connectivity index (χ1n) is 10.7. The molecule has 6 heteroatoms. The van der Waals surface area contributed by atoms with Crippen LogP contribution >= 0.6 is 24.0 Å². The van der Waals surface area contributed by atoms with Crippen molar-refractivity contribution in [1.29, 1.82) is 0 Å². The Bertz CT molecular complexity index is 698. The zero-order valence-corrected chi connectivity index (χ0v) is 20.6. The van der Waals surface area contributed by atoms with E-state index in [-0.39, 0.29) is 29.9 Å². The molecule has 0 bridgehead atoms. The van der Waals surface area contributed by atoms with Gasteiger partial charge in [0, 0.05) is 45.7 Å². The number of nitrogens with zero attached hydrogens (tertiary/aromatic N) is 3. The maximum atomic E-state index is 4.43. The molecule has 30 heavy (non-hydrogen) atoms. The Kier molecular flexibility index (Phi) is 11.2. The molecule has 1 aliphatic rings. The smallest absolute Gasteiger partial charge is 0.191 e. The van der Waals surface area contributed by atoms with Crippen LogP contribution < -0.4 is 10.6 Å². The van der Waals surface area contributed by atoms with Crippen LogP contribution in [0.1, 0.15) is 23.5 Å². The minimum Gasteiger partial charge on any atom is -0.355 e. The summed E-state index contributed by atoms with van der Waals surface area (Å²) in [5.41, 5.74) is 2.63. The van der Waals surface area contributed by atoms with E-state index < -0.39 is 0 Å². The summed E-state index contributed by atoms with van der Waals surface area (Å²) in [6, 6.07) is 21.4. The highest BCUT2D eigenvalue weighted by Crippen LogP contribution is 2.23. The topological polar surface area (TPSA) is 42.9 Å². The lowest BCUT2D eigenvalue weighted by Crippen LogP contribution is -2.43. The summed E-state index contributed by atoms with van der Waals surface area (Å²) in [5.74, 6) is 1.16. The second-order valence-corrected chi connectivity index (χ2v) is 7.75. The van der Waals surface area contributed by atoms with Crippen molar-refractivity contribution < 1.29 is 0 Å². The average Bonchev–Trinajstić information content (AvgIpc) is 2.98. The molecule has 0 saturated carbocycles. The van der Waals surface area contributed by atoms with E-state index in [9.17, 15) is 0 Å². The van der Waals surface area contributed by atoms with Crippen LogP contribution in [0, 0.1) is 0 Å². The molecule has 0 aliphatic carbocycles. The molecule has 1 aliphatic heterocycles. The Balaban J connectivity index is 0.00000320. The van der Waals surface area contributed by atoms with Crippen molar-refractivity contribution >= 4 is 29.9 Å². The molecule has 0 aromatic heterocycles. The molecule has 0 amide bonds. The fraction of sp³-hybridized carbons (Fsp3) is 0.458. The van der Waals surface area contributed by atoms with Gasteiger partial charge in [-0.25, -0.2) is 0 Å². The molecule has 0 unspecified atom stereocenters. The summed E-state index contributed by atoms with van der Waals surface area (Å²) in [5, 5.41) is 7.03. The van der Waals surface area contributed by atoms with Crippen LogP contribution in [0.4, 0.5) is 0 Å². The third-order valence-corrected chi connectivity index (χ3v) is 5.63. The Morgan fingerprint density at radius 3 is 2.13 bits per heavy atom. The number of aliphatic imine (C=N–C) groups is 1. The molecule has 1 fully saturated rings. The van der Waals surface area contributed by atoms with E-state index in [1.807, 2.05) is 7.05 Å². The van der Waals surface area contributed by atoms with Crippen molar-refractivity contribution in [3.8, 4) is 0 Å². The number of nitrogens with one attached hydrogen (secondary N) is 2. The summed E-state index contributed by atoms with van der Waals surface area (Å²) in [6.45, 7) is 7.45. The summed E-state index contributed by atoms with van der Waals surface area (Å²) >= 11 is 0. The number of benzene rings is 2. The number of hydrogen-bond donors (Lipinski definition) is 2. The fourth-order valence-corrected chi connectivity index (χ4v) is 3.87. The van der Waals surface area contributed by atoms with E-state index in [0.717, 1.165) is 38.7 Å². The van der Waals surface area contributed by atoms with Crippen molar-refractivity contribution in [2.45, 2.75) is 12.3 Å². The van der Waals surface area contributed by atoms with E-state index in [0.29, 0.717) is 0 Å². The highest BCUT2D eigenvalue weighted by atomic mass is 127. The Labute approximate surface area is 199 Å². The second-order valence-electron chi connectivity index (χ2n) is 7.75. The SMILES string of the molecule is CN=C(NCCN1CCCN(C)CC1)NCC(c1ccccc1)c1ccccc1.I. The first-order valence-corrected chi connectivity index (χ1v) is 10.7. The Hall–Kier alpha value is -1.64. The number of halogens is 1. The minimum atomic E-state index is 0. The number of likely N-dealkylation sites (N-methyl/N-ethyl adjacent to an activating group) is 1. The van der Waals surface area contributed by atoms with Crippen molar-refractivity contribution in [1.82, 2.24) is 20.4 Å². The minimum absolute atomic E-state index is 0. The Morgan fingerprint density at radius 2 is 1.53 bits per heavy atom. The molecule has 2 aromatic rings. The summed E-state index contributed by atoms with van der Waals surface area (Å²) in [4.78, 5) is 9.39. The zero-order valence-electron chi connectivity index (χ0n) is 18.3. The largest absolute Gasteiger partial charge is 0.355 e. The van der Waals surface area contributed by atoms with E-state index in [1.165, 1.54) is 30.6 Å². The van der Waals surface area contributed by atoms with E-state index in [1.54, 1.807) is 0 Å². The van der Waals surface area contributed by atoms with Gasteiger partial charge in [-0.2, -0.15) is 0 Å². The second kappa shape index (κ2) is 13.6. The average molecular weight is 521 g/mol. The van der Waals surface area contributed by atoms with Crippen LogP contribution in [0.15, 0.2) is 65.7 Å². The zero-order chi connectivity index (χ0) is 20.3. The molecule has 0 atom stereocenters. The van der Waals surface area contributed by atoms with Gasteiger partial charge in [-0.05, 0) is 37.7 Å². The van der Waals surface area contributed by atoms with Crippen molar-refractivity contribution in [2.24, 2.45) is 4.99 Å². The van der Waals surface area contributed by atoms with Gasteiger partial charge in [0.15, 0.2) is 5.96 Å². The van der Waals surface area contributed by atoms with Crippen LogP contribution in [0.5, 0.6) is 0 Å². The van der Waals surface area contributed by atoms with Gasteiger partial charge < -0.3 is 20.4 Å². The fourth-order valence-electron chi connectivity index (χ4n) is 3.87. The maximum Gasteiger partial charge on any atom is 0.191 e. The highest BCUT2D eigenvalue weighted by Gasteiger charge is 2.15. The first-order chi connectivity index (χ1) is 14.3. The molecule has 0 radical (unpaired) electrons. The standard InChI is InChI=1S/C24H35N5.HI/c1-25-24(26-14-17-29-16-9-15-28(2)18-19-29)27-20-23(21-10-5-3-6-11-21)22-12-7-4-8-13-22;/h3-8,10-13,23H,9,14-20H2,1-2H3,(H2,25,26,27);1H. The highest BCUT2D eigenvalue weighted by molar-refractivity contribution is 14.0. The molecule has 2 N–H and O–H groups in total. The lowest BCUT2D eigenvalue weighted by Gasteiger charge is -2.23. The summed E-state index contributed by atoms with van der Waals surface area (Å²) in [7, 11) is 4.06. The van der Waals surface area contributed by atoms with Gasteiger partial charge in [-0.1, -0.05) is 60.7 Å². The third kappa shape index (κ3) is 7.89. The van der Waals surface area contributed by atoms with E-state index in [2.05, 4.69) is 93.1 Å². The van der Waals surface area contributed by atoms with E-state index in [4.69, 9.17) is 0 Å². The summed E-state index contributed by atoms with van der Waals surface area (Å²) in [6.07, 6.45) is 1.25. The molecular weight excluding hydrogens is 485 g/mol. The van der Waals surface area contributed by atoms with Crippen LogP contribution in [0.3, 0.4) is 0 Å². The van der Waals surface area contributed by atoms with Gasteiger partial charge >= 0.3 is 0 Å². The molecule has 5 nitrogen and oxygen atoms in total. The van der Waals surface area contributed by atoms with Crippen LogP contribution in [0.25, 0.3) is 0 Å². The lowest BCUT2D eigenvalue weighted by molar-refractivity contribution is 0.280. The molecule has 164 valence electrons. The Morgan fingerprint density at radius 1 is 0.900 bits per heavy atom. The third-order valence-electron chi connectivity index (χ3n) is 5.63. The number of rotatable bonds is 7. The first kappa shape index (κ1) is 24.6. The summed E-state index contributed by atoms with van der Waals surface area (Å²) < 4.78 is 0. The van der Waals surface area contributed by atoms with Crippen LogP contribution in [0.2, 0.25) is 0 Å².